The summed E-state index contributed by atoms with van der Waals surface area (Å²) >= 11 is 7.66. The lowest BCUT2D eigenvalue weighted by Gasteiger charge is -2.18. The molecule has 0 spiro atoms. The summed E-state index contributed by atoms with van der Waals surface area (Å²) in [5.74, 6) is -0.742. The zero-order valence-corrected chi connectivity index (χ0v) is 16.9. The van der Waals surface area contributed by atoms with Crippen LogP contribution in [-0.4, -0.2) is 11.8 Å². The Morgan fingerprint density at radius 3 is 2.46 bits per heavy atom. The normalized spacial score (nSPS) is 14.2. The van der Waals surface area contributed by atoms with Crippen LogP contribution in [0.25, 0.3) is 5.57 Å². The highest BCUT2D eigenvalue weighted by molar-refractivity contribution is 7.11. The van der Waals surface area contributed by atoms with Crippen molar-refractivity contribution in [2.45, 2.75) is 13.8 Å². The largest absolute Gasteiger partial charge is 0.350 e. The summed E-state index contributed by atoms with van der Waals surface area (Å²) in [6.07, 6.45) is 0. The summed E-state index contributed by atoms with van der Waals surface area (Å²) in [7, 11) is 0. The van der Waals surface area contributed by atoms with Crippen LogP contribution in [0.4, 0.5) is 11.4 Å². The lowest BCUT2D eigenvalue weighted by atomic mass is 10.1. The van der Waals surface area contributed by atoms with Gasteiger partial charge in [-0.1, -0.05) is 35.9 Å². The summed E-state index contributed by atoms with van der Waals surface area (Å²) in [4.78, 5) is 28.6. The molecule has 3 aromatic rings. The Kier molecular flexibility index (Phi) is 4.79. The topological polar surface area (TPSA) is 49.4 Å². The van der Waals surface area contributed by atoms with E-state index in [0.29, 0.717) is 21.8 Å². The third-order valence-corrected chi connectivity index (χ3v) is 5.92. The van der Waals surface area contributed by atoms with E-state index < -0.39 is 0 Å². The van der Waals surface area contributed by atoms with Gasteiger partial charge in [-0.2, -0.15) is 0 Å². The molecule has 6 heteroatoms. The van der Waals surface area contributed by atoms with Crippen LogP contribution >= 0.6 is 22.9 Å². The summed E-state index contributed by atoms with van der Waals surface area (Å²) in [6, 6.07) is 16.6. The number of benzene rings is 2. The molecule has 0 fully saturated rings. The molecule has 4 rings (SSSR count). The molecule has 2 heterocycles. The predicted octanol–water partition coefficient (Wildman–Crippen LogP) is 5.41. The summed E-state index contributed by atoms with van der Waals surface area (Å²) in [5, 5.41) is 5.57. The molecular weight excluding hydrogens is 392 g/mol. The van der Waals surface area contributed by atoms with Gasteiger partial charge in [0.1, 0.15) is 5.70 Å². The van der Waals surface area contributed by atoms with E-state index in [-0.39, 0.29) is 17.5 Å². The smallest absolute Gasteiger partial charge is 0.282 e. The first-order valence-electron chi connectivity index (χ1n) is 8.73. The molecule has 0 saturated heterocycles. The number of imide groups is 1. The lowest BCUT2D eigenvalue weighted by molar-refractivity contribution is -0.120. The van der Waals surface area contributed by atoms with E-state index in [0.717, 1.165) is 16.1 Å². The summed E-state index contributed by atoms with van der Waals surface area (Å²) < 4.78 is 0. The second-order valence-corrected chi connectivity index (χ2v) is 7.91. The van der Waals surface area contributed by atoms with Crippen LogP contribution in [0.5, 0.6) is 0 Å². The van der Waals surface area contributed by atoms with Gasteiger partial charge in [0.05, 0.1) is 11.3 Å². The van der Waals surface area contributed by atoms with E-state index in [4.69, 9.17) is 11.6 Å². The first kappa shape index (κ1) is 18.5. The fourth-order valence-corrected chi connectivity index (χ4v) is 4.16. The van der Waals surface area contributed by atoms with Gasteiger partial charge < -0.3 is 5.32 Å². The van der Waals surface area contributed by atoms with Gasteiger partial charge in [0.15, 0.2) is 0 Å². The molecule has 4 nitrogen and oxygen atoms in total. The first-order valence-corrected chi connectivity index (χ1v) is 9.99. The molecule has 1 N–H and O–H groups in total. The number of thiophene rings is 1. The van der Waals surface area contributed by atoms with Crippen LogP contribution in [-0.2, 0) is 9.59 Å². The minimum absolute atomic E-state index is 0.275. The van der Waals surface area contributed by atoms with Crippen molar-refractivity contribution in [2.75, 3.05) is 10.2 Å². The van der Waals surface area contributed by atoms with Crippen LogP contribution in [0.1, 0.15) is 16.0 Å². The van der Waals surface area contributed by atoms with Gasteiger partial charge in [-0.25, -0.2) is 4.90 Å². The molecule has 0 aliphatic carbocycles. The van der Waals surface area contributed by atoms with E-state index in [1.165, 1.54) is 16.2 Å². The van der Waals surface area contributed by atoms with E-state index in [9.17, 15) is 9.59 Å². The van der Waals surface area contributed by atoms with Gasteiger partial charge in [0.2, 0.25) is 0 Å². The van der Waals surface area contributed by atoms with Gasteiger partial charge in [-0.3, -0.25) is 9.59 Å². The number of aryl methyl sites for hydroxylation is 1. The Hall–Kier alpha value is -2.89. The Morgan fingerprint density at radius 2 is 1.75 bits per heavy atom. The number of nitrogens with zero attached hydrogens (tertiary/aromatic N) is 1. The number of halogens is 1. The Balaban J connectivity index is 1.83. The number of carbonyl (C=O) groups is 2. The van der Waals surface area contributed by atoms with Gasteiger partial charge in [-0.15, -0.1) is 11.3 Å². The van der Waals surface area contributed by atoms with Crippen LogP contribution in [0.3, 0.4) is 0 Å². The molecule has 0 atom stereocenters. The number of hydrogen-bond donors (Lipinski definition) is 1. The van der Waals surface area contributed by atoms with Crippen molar-refractivity contribution in [3.8, 4) is 0 Å². The number of nitrogens with one attached hydrogen (secondary N) is 1. The van der Waals surface area contributed by atoms with Crippen molar-refractivity contribution < 1.29 is 9.59 Å². The first-order chi connectivity index (χ1) is 13.5. The van der Waals surface area contributed by atoms with Crippen molar-refractivity contribution >= 4 is 51.7 Å². The van der Waals surface area contributed by atoms with Crippen molar-refractivity contribution in [1.82, 2.24) is 0 Å². The van der Waals surface area contributed by atoms with Crippen LogP contribution in [0.15, 0.2) is 65.7 Å². The van der Waals surface area contributed by atoms with E-state index in [1.807, 2.05) is 48.7 Å². The molecule has 0 bridgehead atoms. The maximum Gasteiger partial charge on any atom is 0.282 e. The monoisotopic (exact) mass is 408 g/mol. The van der Waals surface area contributed by atoms with Crippen LogP contribution in [0.2, 0.25) is 5.02 Å². The quantitative estimate of drug-likeness (QED) is 0.587. The highest BCUT2D eigenvalue weighted by Crippen LogP contribution is 2.37. The van der Waals surface area contributed by atoms with E-state index >= 15 is 0 Å². The number of carbonyl (C=O) groups excluding carboxylic acids is 2. The van der Waals surface area contributed by atoms with Crippen LogP contribution in [0, 0.1) is 13.8 Å². The lowest BCUT2D eigenvalue weighted by Crippen LogP contribution is -2.33. The zero-order chi connectivity index (χ0) is 19.8. The second kappa shape index (κ2) is 7.26. The van der Waals surface area contributed by atoms with Gasteiger partial charge in [0.25, 0.3) is 11.8 Å². The van der Waals surface area contributed by atoms with Crippen molar-refractivity contribution in [3.63, 3.8) is 0 Å². The van der Waals surface area contributed by atoms with Crippen molar-refractivity contribution in [2.24, 2.45) is 0 Å². The maximum atomic E-state index is 13.3. The number of rotatable bonds is 4. The molecule has 1 aliphatic heterocycles. The molecule has 1 aromatic heterocycles. The molecule has 28 heavy (non-hydrogen) atoms. The maximum absolute atomic E-state index is 13.3. The highest BCUT2D eigenvalue weighted by Gasteiger charge is 2.41. The standard InChI is InChI=1S/C22H17ClN2O2S/c1-13-6-3-7-15(12-13)24-20-19(18-10-5-11-28-18)21(26)25(22(20)27)17-9-4-8-16(23)14(17)2/h3-12,24H,1-2H3. The Morgan fingerprint density at radius 1 is 0.964 bits per heavy atom. The summed E-state index contributed by atoms with van der Waals surface area (Å²) in [6.45, 7) is 3.78. The van der Waals surface area contributed by atoms with Gasteiger partial charge in [-0.05, 0) is 60.7 Å². The molecule has 140 valence electrons. The molecule has 0 radical (unpaired) electrons. The average Bonchev–Trinajstić information content (AvgIpc) is 3.26. The average molecular weight is 409 g/mol. The second-order valence-electron chi connectivity index (χ2n) is 6.55. The molecule has 0 unspecified atom stereocenters. The minimum Gasteiger partial charge on any atom is -0.350 e. The van der Waals surface area contributed by atoms with Crippen molar-refractivity contribution in [3.05, 3.63) is 86.7 Å². The molecular formula is C22H17ClN2O2S. The third kappa shape index (κ3) is 3.13. The van der Waals surface area contributed by atoms with Gasteiger partial charge in [0, 0.05) is 15.6 Å². The molecule has 0 saturated carbocycles. The molecule has 1 aliphatic rings. The number of hydrogen-bond acceptors (Lipinski definition) is 4. The fourth-order valence-electron chi connectivity index (χ4n) is 3.22. The van der Waals surface area contributed by atoms with Crippen molar-refractivity contribution in [1.29, 1.82) is 0 Å². The van der Waals surface area contributed by atoms with Crippen LogP contribution < -0.4 is 10.2 Å². The Bertz CT molecular complexity index is 1120. The number of amides is 2. The zero-order valence-electron chi connectivity index (χ0n) is 15.3. The third-order valence-electron chi connectivity index (χ3n) is 4.62. The summed E-state index contributed by atoms with van der Waals surface area (Å²) in [5.41, 5.74) is 3.65. The molecule has 2 aromatic carbocycles. The number of anilines is 2. The minimum atomic E-state index is -0.389. The fraction of sp³-hybridized carbons (Fsp3) is 0.0909. The highest BCUT2D eigenvalue weighted by atomic mass is 35.5. The molecule has 2 amide bonds. The SMILES string of the molecule is Cc1cccc(NC2=C(c3cccs3)C(=O)N(c3cccc(Cl)c3C)C2=O)c1. The Labute approximate surface area is 172 Å². The van der Waals surface area contributed by atoms with E-state index in [1.54, 1.807) is 25.1 Å². The van der Waals surface area contributed by atoms with Gasteiger partial charge >= 0.3 is 0 Å². The predicted molar refractivity (Wildman–Crippen MR) is 115 cm³/mol. The van der Waals surface area contributed by atoms with E-state index in [2.05, 4.69) is 5.32 Å².